The summed E-state index contributed by atoms with van der Waals surface area (Å²) in [7, 11) is 0. The summed E-state index contributed by atoms with van der Waals surface area (Å²) in [4.78, 5) is 26.0. The molecule has 0 bridgehead atoms. The Bertz CT molecular complexity index is 631. The SMILES string of the molecule is O=C(NCCOc1cccc(C(F)(F)F)n1)NC1CCC(C(=O)O)CC1. The first-order valence-corrected chi connectivity index (χ1v) is 8.20. The van der Waals surface area contributed by atoms with E-state index in [-0.39, 0.29) is 31.0 Å². The number of urea groups is 1. The van der Waals surface area contributed by atoms with Crippen molar-refractivity contribution in [2.45, 2.75) is 37.9 Å². The number of carbonyl (C=O) groups excluding carboxylic acids is 1. The molecule has 0 unspecified atom stereocenters. The molecule has 0 aromatic carbocycles. The summed E-state index contributed by atoms with van der Waals surface area (Å²) in [6.07, 6.45) is -2.32. The number of nitrogens with one attached hydrogen (secondary N) is 2. The van der Waals surface area contributed by atoms with Gasteiger partial charge in [0.25, 0.3) is 0 Å². The second-order valence-electron chi connectivity index (χ2n) is 5.99. The molecule has 2 rings (SSSR count). The molecule has 1 aliphatic carbocycles. The zero-order chi connectivity index (χ0) is 19.2. The van der Waals surface area contributed by atoms with Crippen molar-refractivity contribution in [2.75, 3.05) is 13.2 Å². The predicted octanol–water partition coefficient (Wildman–Crippen LogP) is 2.42. The number of halogens is 3. The van der Waals surface area contributed by atoms with Crippen LogP contribution in [0.3, 0.4) is 0 Å². The highest BCUT2D eigenvalue weighted by atomic mass is 19.4. The van der Waals surface area contributed by atoms with Crippen molar-refractivity contribution < 1.29 is 32.6 Å². The molecule has 0 aliphatic heterocycles. The maximum Gasteiger partial charge on any atom is 0.433 e. The van der Waals surface area contributed by atoms with Crippen LogP contribution < -0.4 is 15.4 Å². The maximum absolute atomic E-state index is 12.5. The minimum atomic E-state index is -4.54. The van der Waals surface area contributed by atoms with Crippen molar-refractivity contribution >= 4 is 12.0 Å². The molecule has 26 heavy (non-hydrogen) atoms. The molecule has 10 heteroatoms. The topological polar surface area (TPSA) is 101 Å². The molecule has 7 nitrogen and oxygen atoms in total. The summed E-state index contributed by atoms with van der Waals surface area (Å²) in [6.45, 7) is 0.0573. The summed E-state index contributed by atoms with van der Waals surface area (Å²) in [5.41, 5.74) is -1.04. The number of hydrogen-bond donors (Lipinski definition) is 3. The lowest BCUT2D eigenvalue weighted by Crippen LogP contribution is -2.45. The maximum atomic E-state index is 12.5. The zero-order valence-electron chi connectivity index (χ0n) is 13.9. The molecule has 144 valence electrons. The Kier molecular flexibility index (Phi) is 6.64. The minimum Gasteiger partial charge on any atom is -0.481 e. The van der Waals surface area contributed by atoms with Gasteiger partial charge in [-0.15, -0.1) is 0 Å². The fourth-order valence-corrected chi connectivity index (χ4v) is 2.69. The number of carboxylic acids is 1. The van der Waals surface area contributed by atoms with E-state index < -0.39 is 23.9 Å². The summed E-state index contributed by atoms with van der Waals surface area (Å²) in [5, 5.41) is 14.2. The van der Waals surface area contributed by atoms with Crippen molar-refractivity contribution in [1.29, 1.82) is 0 Å². The number of ether oxygens (including phenoxy) is 1. The molecule has 1 saturated carbocycles. The highest BCUT2D eigenvalue weighted by molar-refractivity contribution is 5.74. The van der Waals surface area contributed by atoms with Gasteiger partial charge in [-0.05, 0) is 31.7 Å². The molecule has 1 aliphatic rings. The van der Waals surface area contributed by atoms with E-state index in [1.54, 1.807) is 0 Å². The van der Waals surface area contributed by atoms with Gasteiger partial charge in [-0.1, -0.05) is 6.07 Å². The first-order chi connectivity index (χ1) is 12.3. The number of hydrogen-bond acceptors (Lipinski definition) is 4. The molecular weight excluding hydrogens is 355 g/mol. The van der Waals surface area contributed by atoms with Crippen LogP contribution in [0.25, 0.3) is 0 Å². The van der Waals surface area contributed by atoms with E-state index in [9.17, 15) is 22.8 Å². The Morgan fingerprint density at radius 3 is 2.54 bits per heavy atom. The van der Waals surface area contributed by atoms with E-state index in [4.69, 9.17) is 9.84 Å². The van der Waals surface area contributed by atoms with Crippen LogP contribution in [0.5, 0.6) is 5.88 Å². The van der Waals surface area contributed by atoms with E-state index in [1.807, 2.05) is 0 Å². The Morgan fingerprint density at radius 2 is 1.92 bits per heavy atom. The molecule has 1 fully saturated rings. The Balaban J connectivity index is 1.66. The molecule has 2 amide bonds. The largest absolute Gasteiger partial charge is 0.481 e. The first-order valence-electron chi connectivity index (χ1n) is 8.20. The van der Waals surface area contributed by atoms with Gasteiger partial charge in [-0.3, -0.25) is 4.79 Å². The van der Waals surface area contributed by atoms with Crippen LogP contribution in [0.4, 0.5) is 18.0 Å². The van der Waals surface area contributed by atoms with E-state index in [1.165, 1.54) is 12.1 Å². The van der Waals surface area contributed by atoms with Gasteiger partial charge in [0, 0.05) is 12.1 Å². The van der Waals surface area contributed by atoms with Crippen LogP contribution in [0.2, 0.25) is 0 Å². The van der Waals surface area contributed by atoms with E-state index >= 15 is 0 Å². The van der Waals surface area contributed by atoms with Gasteiger partial charge in [0.15, 0.2) is 0 Å². The van der Waals surface area contributed by atoms with E-state index in [2.05, 4.69) is 15.6 Å². The van der Waals surface area contributed by atoms with Gasteiger partial charge in [-0.2, -0.15) is 13.2 Å². The number of nitrogens with zero attached hydrogens (tertiary/aromatic N) is 1. The van der Waals surface area contributed by atoms with Crippen LogP contribution in [0.1, 0.15) is 31.4 Å². The van der Waals surface area contributed by atoms with E-state index in [0.29, 0.717) is 25.7 Å². The Hall–Kier alpha value is -2.52. The number of alkyl halides is 3. The number of aromatic nitrogens is 1. The van der Waals surface area contributed by atoms with Gasteiger partial charge >= 0.3 is 18.2 Å². The lowest BCUT2D eigenvalue weighted by molar-refractivity contribution is -0.143. The van der Waals surface area contributed by atoms with Crippen LogP contribution >= 0.6 is 0 Å². The summed E-state index contributed by atoms with van der Waals surface area (Å²) >= 11 is 0. The van der Waals surface area contributed by atoms with Crippen LogP contribution in [0.15, 0.2) is 18.2 Å². The van der Waals surface area contributed by atoms with Crippen LogP contribution in [-0.2, 0) is 11.0 Å². The highest BCUT2D eigenvalue weighted by Gasteiger charge is 2.32. The number of carbonyl (C=O) groups is 2. The van der Waals surface area contributed by atoms with Gasteiger partial charge in [0.2, 0.25) is 5.88 Å². The minimum absolute atomic E-state index is 0.0342. The number of carboxylic acid groups (broad SMARTS) is 1. The van der Waals surface area contributed by atoms with Gasteiger partial charge in [0.1, 0.15) is 12.3 Å². The van der Waals surface area contributed by atoms with Gasteiger partial charge < -0.3 is 20.5 Å². The lowest BCUT2D eigenvalue weighted by atomic mass is 9.86. The molecule has 1 aromatic rings. The second kappa shape index (κ2) is 8.72. The van der Waals surface area contributed by atoms with Crippen molar-refractivity contribution in [2.24, 2.45) is 5.92 Å². The fourth-order valence-electron chi connectivity index (χ4n) is 2.69. The average molecular weight is 375 g/mol. The Morgan fingerprint density at radius 1 is 1.23 bits per heavy atom. The normalized spacial score (nSPS) is 20.3. The number of amides is 2. The lowest BCUT2D eigenvalue weighted by Gasteiger charge is -2.26. The quantitative estimate of drug-likeness (QED) is 0.663. The second-order valence-corrected chi connectivity index (χ2v) is 5.99. The van der Waals surface area contributed by atoms with Gasteiger partial charge in [0.05, 0.1) is 12.5 Å². The van der Waals surface area contributed by atoms with Crippen molar-refractivity contribution in [3.63, 3.8) is 0 Å². The predicted molar refractivity (Wildman–Crippen MR) is 84.7 cm³/mol. The van der Waals surface area contributed by atoms with Gasteiger partial charge in [-0.25, -0.2) is 9.78 Å². The highest BCUT2D eigenvalue weighted by Crippen LogP contribution is 2.28. The molecule has 0 saturated heterocycles. The monoisotopic (exact) mass is 375 g/mol. The van der Waals surface area contributed by atoms with Crippen LogP contribution in [-0.4, -0.2) is 41.3 Å². The average Bonchev–Trinajstić information content (AvgIpc) is 2.59. The van der Waals surface area contributed by atoms with Crippen molar-refractivity contribution in [1.82, 2.24) is 15.6 Å². The van der Waals surface area contributed by atoms with Crippen molar-refractivity contribution in [3.8, 4) is 5.88 Å². The smallest absolute Gasteiger partial charge is 0.433 e. The molecule has 1 heterocycles. The van der Waals surface area contributed by atoms with Crippen LogP contribution in [0, 0.1) is 5.92 Å². The molecule has 0 atom stereocenters. The Labute approximate surface area is 147 Å². The summed E-state index contributed by atoms with van der Waals surface area (Å²) < 4.78 is 42.7. The van der Waals surface area contributed by atoms with E-state index in [0.717, 1.165) is 6.07 Å². The standard InChI is InChI=1S/C16H20F3N3O4/c17-16(18,19)12-2-1-3-13(22-12)26-9-8-20-15(25)21-11-6-4-10(5-7-11)14(23)24/h1-3,10-11H,4-9H2,(H,23,24)(H2,20,21,25). The summed E-state index contributed by atoms with van der Waals surface area (Å²) in [5.74, 6) is -1.34. The third kappa shape index (κ3) is 6.08. The number of aliphatic carboxylic acids is 1. The number of pyridine rings is 1. The fraction of sp³-hybridized carbons (Fsp3) is 0.562. The molecule has 3 N–H and O–H groups in total. The van der Waals surface area contributed by atoms with Crippen molar-refractivity contribution in [3.05, 3.63) is 23.9 Å². The third-order valence-corrected chi connectivity index (χ3v) is 4.06. The summed E-state index contributed by atoms with van der Waals surface area (Å²) in [6, 6.07) is 2.83. The first kappa shape index (κ1) is 19.8. The zero-order valence-corrected chi connectivity index (χ0v) is 13.9. The molecule has 1 aromatic heterocycles. The molecular formula is C16H20F3N3O4. The third-order valence-electron chi connectivity index (χ3n) is 4.06. The molecule has 0 spiro atoms. The number of rotatable bonds is 6. The molecule has 0 radical (unpaired) electrons.